The van der Waals surface area contributed by atoms with Gasteiger partial charge in [-0.3, -0.25) is 19.8 Å². The number of piperazine rings is 1. The highest BCUT2D eigenvalue weighted by Gasteiger charge is 2.26. The van der Waals surface area contributed by atoms with Crippen LogP contribution in [0, 0.1) is 16.0 Å². The van der Waals surface area contributed by atoms with E-state index in [4.69, 9.17) is 4.99 Å². The Morgan fingerprint density at radius 3 is 2.43 bits per heavy atom. The number of carbonyl (C=O) groups excluding carboxylic acids is 1. The van der Waals surface area contributed by atoms with Crippen LogP contribution in [-0.2, 0) is 11.3 Å². The summed E-state index contributed by atoms with van der Waals surface area (Å²) in [6.07, 6.45) is 2.21. The zero-order valence-electron chi connectivity index (χ0n) is 17.8. The Hall–Kier alpha value is -2.68. The third-order valence-electron chi connectivity index (χ3n) is 5.21. The number of aliphatic imine (C=N–C) groups is 1. The first-order valence-corrected chi connectivity index (χ1v) is 10.7. The Bertz CT molecular complexity index is 753. The molecule has 2 aliphatic rings. The van der Waals surface area contributed by atoms with Crippen LogP contribution in [0.3, 0.4) is 0 Å². The van der Waals surface area contributed by atoms with Gasteiger partial charge in [-0.2, -0.15) is 0 Å². The van der Waals surface area contributed by atoms with Gasteiger partial charge in [0.05, 0.1) is 18.0 Å². The molecular weight excluding hydrogens is 384 g/mol. The summed E-state index contributed by atoms with van der Waals surface area (Å²) in [5, 5.41) is 17.3. The van der Waals surface area contributed by atoms with Crippen molar-refractivity contribution in [2.24, 2.45) is 10.9 Å². The summed E-state index contributed by atoms with van der Waals surface area (Å²) in [5.74, 6) is 1.46. The number of nitro benzene ring substituents is 1. The van der Waals surface area contributed by atoms with Gasteiger partial charge in [0, 0.05) is 50.9 Å². The maximum absolute atomic E-state index is 12.0. The second-order valence-corrected chi connectivity index (χ2v) is 8.44. The summed E-state index contributed by atoms with van der Waals surface area (Å²) in [6.45, 7) is 9.29. The van der Waals surface area contributed by atoms with Crippen LogP contribution in [0.5, 0.6) is 0 Å². The number of hydrogen-bond donors (Lipinski definition) is 2. The van der Waals surface area contributed by atoms with E-state index >= 15 is 0 Å². The lowest BCUT2D eigenvalue weighted by Crippen LogP contribution is -2.54. The van der Waals surface area contributed by atoms with Gasteiger partial charge in [0.25, 0.3) is 5.69 Å². The van der Waals surface area contributed by atoms with Gasteiger partial charge in [0.2, 0.25) is 5.91 Å². The second-order valence-electron chi connectivity index (χ2n) is 8.44. The predicted molar refractivity (Wildman–Crippen MR) is 116 cm³/mol. The summed E-state index contributed by atoms with van der Waals surface area (Å²) in [7, 11) is 0. The van der Waals surface area contributed by atoms with Crippen molar-refractivity contribution in [1.29, 1.82) is 0 Å². The zero-order valence-corrected chi connectivity index (χ0v) is 17.8. The molecule has 9 heteroatoms. The van der Waals surface area contributed by atoms with E-state index in [2.05, 4.69) is 34.3 Å². The molecule has 0 bridgehead atoms. The standard InChI is InChI=1S/C21H32N6O3/c1-16(2)13-22-21(23-14-17-3-7-19(8-4-17)27(29)30)26-11-9-25(10-12-26)15-20(28)24-18-5-6-18/h3-4,7-8,16,18H,5-6,9-15H2,1-2H3,(H,22,23)(H,24,28). The number of nitrogens with one attached hydrogen (secondary N) is 2. The fraction of sp³-hybridized carbons (Fsp3) is 0.619. The van der Waals surface area contributed by atoms with Crippen molar-refractivity contribution in [3.8, 4) is 0 Å². The largest absolute Gasteiger partial charge is 0.356 e. The SMILES string of the molecule is CC(C)CNC(=NCc1ccc([N+](=O)[O-])cc1)N1CCN(CC(=O)NC2CC2)CC1. The average Bonchev–Trinajstić information content (AvgIpc) is 3.53. The van der Waals surface area contributed by atoms with E-state index in [0.29, 0.717) is 25.0 Å². The lowest BCUT2D eigenvalue weighted by Gasteiger charge is -2.36. The summed E-state index contributed by atoms with van der Waals surface area (Å²) in [5.41, 5.74) is 1.02. The van der Waals surface area contributed by atoms with Crippen LogP contribution in [0.4, 0.5) is 5.69 Å². The van der Waals surface area contributed by atoms with E-state index in [9.17, 15) is 14.9 Å². The number of hydrogen-bond acceptors (Lipinski definition) is 5. The Morgan fingerprint density at radius 1 is 1.20 bits per heavy atom. The third-order valence-corrected chi connectivity index (χ3v) is 5.21. The number of rotatable bonds is 8. The molecule has 9 nitrogen and oxygen atoms in total. The monoisotopic (exact) mass is 416 g/mol. The highest BCUT2D eigenvalue weighted by atomic mass is 16.6. The van der Waals surface area contributed by atoms with Crippen LogP contribution in [0.2, 0.25) is 0 Å². The molecule has 1 heterocycles. The molecule has 0 spiro atoms. The maximum atomic E-state index is 12.0. The van der Waals surface area contributed by atoms with E-state index in [1.165, 1.54) is 12.1 Å². The van der Waals surface area contributed by atoms with Crippen molar-refractivity contribution in [3.63, 3.8) is 0 Å². The summed E-state index contributed by atoms with van der Waals surface area (Å²) in [6, 6.07) is 6.92. The molecule has 1 aromatic carbocycles. The number of benzene rings is 1. The molecule has 1 aromatic rings. The van der Waals surface area contributed by atoms with Gasteiger partial charge in [-0.25, -0.2) is 4.99 Å². The Morgan fingerprint density at radius 2 is 1.87 bits per heavy atom. The van der Waals surface area contributed by atoms with E-state index < -0.39 is 4.92 Å². The zero-order chi connectivity index (χ0) is 21.5. The molecule has 0 radical (unpaired) electrons. The predicted octanol–water partition coefficient (Wildman–Crippen LogP) is 1.59. The number of nitrogens with zero attached hydrogens (tertiary/aromatic N) is 4. The lowest BCUT2D eigenvalue weighted by atomic mass is 10.2. The molecule has 30 heavy (non-hydrogen) atoms. The molecular formula is C21H32N6O3. The third kappa shape index (κ3) is 6.98. The van der Waals surface area contributed by atoms with E-state index in [0.717, 1.165) is 57.1 Å². The van der Waals surface area contributed by atoms with Crippen LogP contribution >= 0.6 is 0 Å². The Kier molecular flexibility index (Phi) is 7.62. The Balaban J connectivity index is 1.55. The minimum Gasteiger partial charge on any atom is -0.356 e. The van der Waals surface area contributed by atoms with Crippen molar-refractivity contribution in [3.05, 3.63) is 39.9 Å². The first-order valence-electron chi connectivity index (χ1n) is 10.7. The van der Waals surface area contributed by atoms with Gasteiger partial charge < -0.3 is 15.5 Å². The molecule has 2 fully saturated rings. The molecule has 1 aliphatic carbocycles. The van der Waals surface area contributed by atoms with Crippen LogP contribution in [0.1, 0.15) is 32.3 Å². The smallest absolute Gasteiger partial charge is 0.269 e. The van der Waals surface area contributed by atoms with Gasteiger partial charge in [0.15, 0.2) is 5.96 Å². The fourth-order valence-corrected chi connectivity index (χ4v) is 3.27. The normalized spacial score (nSPS) is 17.8. The lowest BCUT2D eigenvalue weighted by molar-refractivity contribution is -0.384. The molecule has 1 saturated heterocycles. The number of non-ortho nitro benzene ring substituents is 1. The van der Waals surface area contributed by atoms with Crippen LogP contribution in [0.25, 0.3) is 0 Å². The molecule has 1 amide bonds. The summed E-state index contributed by atoms with van der Waals surface area (Å²) < 4.78 is 0. The van der Waals surface area contributed by atoms with E-state index in [-0.39, 0.29) is 11.6 Å². The molecule has 0 atom stereocenters. The quantitative estimate of drug-likeness (QED) is 0.289. The van der Waals surface area contributed by atoms with E-state index in [1.807, 2.05) is 0 Å². The first kappa shape index (κ1) is 22.0. The Labute approximate surface area is 177 Å². The number of amides is 1. The number of carbonyl (C=O) groups is 1. The van der Waals surface area contributed by atoms with E-state index in [1.54, 1.807) is 12.1 Å². The number of nitro groups is 1. The first-order chi connectivity index (χ1) is 14.4. The molecule has 1 aliphatic heterocycles. The molecule has 0 aromatic heterocycles. The van der Waals surface area contributed by atoms with Crippen molar-refractivity contribution in [2.75, 3.05) is 39.3 Å². The minimum atomic E-state index is -0.396. The van der Waals surface area contributed by atoms with Crippen LogP contribution in [-0.4, -0.2) is 71.9 Å². The van der Waals surface area contributed by atoms with Crippen molar-refractivity contribution >= 4 is 17.6 Å². The van der Waals surface area contributed by atoms with Gasteiger partial charge in [-0.05, 0) is 24.3 Å². The van der Waals surface area contributed by atoms with Crippen molar-refractivity contribution in [1.82, 2.24) is 20.4 Å². The molecule has 0 unspecified atom stereocenters. The average molecular weight is 417 g/mol. The number of guanidine groups is 1. The molecule has 164 valence electrons. The maximum Gasteiger partial charge on any atom is 0.269 e. The minimum absolute atomic E-state index is 0.0859. The van der Waals surface area contributed by atoms with Crippen molar-refractivity contribution in [2.45, 2.75) is 39.3 Å². The second kappa shape index (κ2) is 10.4. The molecule has 2 N–H and O–H groups in total. The van der Waals surface area contributed by atoms with Gasteiger partial charge >= 0.3 is 0 Å². The van der Waals surface area contributed by atoms with Crippen LogP contribution < -0.4 is 10.6 Å². The van der Waals surface area contributed by atoms with Gasteiger partial charge in [0.1, 0.15) is 0 Å². The highest BCUT2D eigenvalue weighted by molar-refractivity contribution is 5.80. The molecule has 3 rings (SSSR count). The summed E-state index contributed by atoms with van der Waals surface area (Å²) in [4.78, 5) is 31.6. The summed E-state index contributed by atoms with van der Waals surface area (Å²) >= 11 is 0. The molecule has 1 saturated carbocycles. The topological polar surface area (TPSA) is 103 Å². The van der Waals surface area contributed by atoms with Crippen molar-refractivity contribution < 1.29 is 9.72 Å². The highest BCUT2D eigenvalue weighted by Crippen LogP contribution is 2.18. The van der Waals surface area contributed by atoms with Crippen LogP contribution in [0.15, 0.2) is 29.3 Å². The van der Waals surface area contributed by atoms with Gasteiger partial charge in [-0.1, -0.05) is 26.0 Å². The van der Waals surface area contributed by atoms with Gasteiger partial charge in [-0.15, -0.1) is 0 Å². The fourth-order valence-electron chi connectivity index (χ4n) is 3.27.